The van der Waals surface area contributed by atoms with Crippen molar-refractivity contribution in [2.75, 3.05) is 46.0 Å². The van der Waals surface area contributed by atoms with Gasteiger partial charge in [-0.15, -0.1) is 0 Å². The van der Waals surface area contributed by atoms with Crippen LogP contribution in [-0.4, -0.2) is 69.1 Å². The third-order valence-electron chi connectivity index (χ3n) is 4.56. The Balaban J connectivity index is 1.50. The van der Waals surface area contributed by atoms with E-state index in [9.17, 15) is 8.42 Å². The van der Waals surface area contributed by atoms with Crippen molar-refractivity contribution in [3.63, 3.8) is 0 Å². The Morgan fingerprint density at radius 2 is 1.71 bits per heavy atom. The highest BCUT2D eigenvalue weighted by Crippen LogP contribution is 2.18. The molecule has 1 unspecified atom stereocenters. The zero-order chi connectivity index (χ0) is 16.8. The molecule has 7 heteroatoms. The maximum absolute atomic E-state index is 12.7. The second-order valence-corrected chi connectivity index (χ2v) is 8.18. The Morgan fingerprint density at radius 3 is 2.46 bits per heavy atom. The van der Waals surface area contributed by atoms with Crippen LogP contribution < -0.4 is 0 Å². The highest BCUT2D eigenvalue weighted by molar-refractivity contribution is 7.86. The fraction of sp³-hybridized carbons (Fsp3) is 0.647. The van der Waals surface area contributed by atoms with Crippen LogP contribution in [0.3, 0.4) is 0 Å². The molecule has 0 N–H and O–H groups in total. The molecule has 0 saturated carbocycles. The minimum absolute atomic E-state index is 0.0155. The Morgan fingerprint density at radius 1 is 1.00 bits per heavy atom. The summed E-state index contributed by atoms with van der Waals surface area (Å²) in [5, 5.41) is 0. The molecule has 0 radical (unpaired) electrons. The summed E-state index contributed by atoms with van der Waals surface area (Å²) in [5.41, 5.74) is 1.31. The van der Waals surface area contributed by atoms with Crippen molar-refractivity contribution in [3.05, 3.63) is 35.9 Å². The molecular weight excluding hydrogens is 328 g/mol. The van der Waals surface area contributed by atoms with Crippen molar-refractivity contribution in [2.24, 2.45) is 0 Å². The van der Waals surface area contributed by atoms with Crippen LogP contribution in [0.4, 0.5) is 0 Å². The van der Waals surface area contributed by atoms with Crippen LogP contribution in [0.25, 0.3) is 0 Å². The maximum atomic E-state index is 12.7. The Labute approximate surface area is 144 Å². The van der Waals surface area contributed by atoms with Gasteiger partial charge in [-0.1, -0.05) is 30.3 Å². The molecular formula is C17H26N2O4S. The Hall–Kier alpha value is -0.990. The number of morpholine rings is 2. The zero-order valence-electron chi connectivity index (χ0n) is 14.0. The van der Waals surface area contributed by atoms with Crippen LogP contribution in [-0.2, 0) is 26.1 Å². The van der Waals surface area contributed by atoms with E-state index in [4.69, 9.17) is 9.47 Å². The molecule has 1 aromatic rings. The molecule has 1 atom stereocenters. The van der Waals surface area contributed by atoms with E-state index in [-0.39, 0.29) is 6.10 Å². The first-order valence-corrected chi connectivity index (χ1v) is 10.0. The van der Waals surface area contributed by atoms with Crippen LogP contribution in [0.5, 0.6) is 0 Å². The van der Waals surface area contributed by atoms with Crippen molar-refractivity contribution >= 4 is 10.2 Å². The molecule has 0 spiro atoms. The SMILES string of the molecule is O=S(=O)(N1CCOCC1)N1CCOC(CCCc2ccccc2)C1. The van der Waals surface area contributed by atoms with Gasteiger partial charge in [-0.3, -0.25) is 0 Å². The Bertz CT molecular complexity index is 602. The van der Waals surface area contributed by atoms with Crippen LogP contribution in [0, 0.1) is 0 Å². The summed E-state index contributed by atoms with van der Waals surface area (Å²) in [6, 6.07) is 10.3. The molecule has 0 bridgehead atoms. The van der Waals surface area contributed by atoms with Gasteiger partial charge in [0.2, 0.25) is 0 Å². The number of rotatable bonds is 6. The molecule has 134 valence electrons. The number of benzene rings is 1. The number of hydrogen-bond donors (Lipinski definition) is 0. The molecule has 2 saturated heterocycles. The lowest BCUT2D eigenvalue weighted by Crippen LogP contribution is -2.53. The second-order valence-electron chi connectivity index (χ2n) is 6.25. The van der Waals surface area contributed by atoms with Crippen molar-refractivity contribution in [1.82, 2.24) is 8.61 Å². The van der Waals surface area contributed by atoms with Gasteiger partial charge in [-0.25, -0.2) is 0 Å². The summed E-state index contributed by atoms with van der Waals surface area (Å²) >= 11 is 0. The molecule has 2 aliphatic rings. The van der Waals surface area contributed by atoms with Gasteiger partial charge in [-0.05, 0) is 24.8 Å². The quantitative estimate of drug-likeness (QED) is 0.772. The van der Waals surface area contributed by atoms with Gasteiger partial charge in [0.15, 0.2) is 0 Å². The average Bonchev–Trinajstić information content (AvgIpc) is 2.64. The molecule has 6 nitrogen and oxygen atoms in total. The van der Waals surface area contributed by atoms with Crippen molar-refractivity contribution in [2.45, 2.75) is 25.4 Å². The predicted molar refractivity (Wildman–Crippen MR) is 92.0 cm³/mol. The molecule has 24 heavy (non-hydrogen) atoms. The molecule has 0 aromatic heterocycles. The normalized spacial score (nSPS) is 24.1. The van der Waals surface area contributed by atoms with Crippen molar-refractivity contribution in [3.8, 4) is 0 Å². The van der Waals surface area contributed by atoms with E-state index < -0.39 is 10.2 Å². The van der Waals surface area contributed by atoms with Gasteiger partial charge >= 0.3 is 0 Å². The summed E-state index contributed by atoms with van der Waals surface area (Å²) in [6.07, 6.45) is 2.86. The minimum Gasteiger partial charge on any atom is -0.379 e. The lowest BCUT2D eigenvalue weighted by atomic mass is 10.1. The summed E-state index contributed by atoms with van der Waals surface area (Å²) in [5.74, 6) is 0. The van der Waals surface area contributed by atoms with E-state index >= 15 is 0 Å². The van der Waals surface area contributed by atoms with E-state index in [0.29, 0.717) is 46.0 Å². The van der Waals surface area contributed by atoms with Gasteiger partial charge < -0.3 is 9.47 Å². The highest BCUT2D eigenvalue weighted by Gasteiger charge is 2.34. The molecule has 2 heterocycles. The van der Waals surface area contributed by atoms with E-state index in [1.165, 1.54) is 9.87 Å². The van der Waals surface area contributed by atoms with Crippen LogP contribution >= 0.6 is 0 Å². The summed E-state index contributed by atoms with van der Waals surface area (Å²) in [7, 11) is -3.39. The maximum Gasteiger partial charge on any atom is 0.282 e. The third kappa shape index (κ3) is 4.55. The first-order chi connectivity index (χ1) is 11.7. The molecule has 2 fully saturated rings. The van der Waals surface area contributed by atoms with Gasteiger partial charge in [0.1, 0.15) is 0 Å². The number of aryl methyl sites for hydroxylation is 1. The zero-order valence-corrected chi connectivity index (χ0v) is 14.8. The van der Waals surface area contributed by atoms with E-state index in [0.717, 1.165) is 19.3 Å². The van der Waals surface area contributed by atoms with Gasteiger partial charge in [0, 0.05) is 26.2 Å². The number of nitrogens with zero attached hydrogens (tertiary/aromatic N) is 2. The fourth-order valence-corrected chi connectivity index (χ4v) is 4.79. The Kier molecular flexibility index (Phi) is 6.24. The van der Waals surface area contributed by atoms with Gasteiger partial charge in [0.05, 0.1) is 25.9 Å². The standard InChI is InChI=1S/C17H26N2O4S/c20-24(21,18-9-12-22-13-10-18)19-11-14-23-17(15-19)8-4-7-16-5-2-1-3-6-16/h1-3,5-6,17H,4,7-15H2. The highest BCUT2D eigenvalue weighted by atomic mass is 32.2. The first-order valence-electron chi connectivity index (χ1n) is 8.65. The van der Waals surface area contributed by atoms with Crippen LogP contribution in [0.15, 0.2) is 30.3 Å². The molecule has 0 aliphatic carbocycles. The second kappa shape index (κ2) is 8.40. The van der Waals surface area contributed by atoms with Crippen LogP contribution in [0.1, 0.15) is 18.4 Å². The smallest absolute Gasteiger partial charge is 0.282 e. The predicted octanol–water partition coefficient (Wildman–Crippen LogP) is 1.29. The first kappa shape index (κ1) is 17.8. The summed E-state index contributed by atoms with van der Waals surface area (Å²) < 4.78 is 39.6. The monoisotopic (exact) mass is 354 g/mol. The van der Waals surface area contributed by atoms with E-state index in [1.54, 1.807) is 4.31 Å². The number of ether oxygens (including phenoxy) is 2. The lowest BCUT2D eigenvalue weighted by Gasteiger charge is -2.36. The lowest BCUT2D eigenvalue weighted by molar-refractivity contribution is -0.00974. The van der Waals surface area contributed by atoms with Crippen molar-refractivity contribution in [1.29, 1.82) is 0 Å². The summed E-state index contributed by atoms with van der Waals surface area (Å²) in [6.45, 7) is 3.20. The van der Waals surface area contributed by atoms with Crippen molar-refractivity contribution < 1.29 is 17.9 Å². The van der Waals surface area contributed by atoms with E-state index in [1.807, 2.05) is 18.2 Å². The molecule has 1 aromatic carbocycles. The molecule has 2 aliphatic heterocycles. The third-order valence-corrected chi connectivity index (χ3v) is 6.56. The molecule has 0 amide bonds. The summed E-state index contributed by atoms with van der Waals surface area (Å²) in [4.78, 5) is 0. The van der Waals surface area contributed by atoms with Gasteiger partial charge in [0.25, 0.3) is 10.2 Å². The van der Waals surface area contributed by atoms with Crippen LogP contribution in [0.2, 0.25) is 0 Å². The molecule has 3 rings (SSSR count). The topological polar surface area (TPSA) is 59.1 Å². The number of hydrogen-bond acceptors (Lipinski definition) is 4. The largest absolute Gasteiger partial charge is 0.379 e. The van der Waals surface area contributed by atoms with E-state index in [2.05, 4.69) is 12.1 Å². The minimum atomic E-state index is -3.39. The average molecular weight is 354 g/mol. The fourth-order valence-electron chi connectivity index (χ4n) is 3.20. The van der Waals surface area contributed by atoms with Gasteiger partial charge in [-0.2, -0.15) is 17.0 Å².